The van der Waals surface area contributed by atoms with E-state index in [1.807, 2.05) is 24.3 Å². The Morgan fingerprint density at radius 3 is 3.07 bits per heavy atom. The molecule has 1 atom stereocenters. The van der Waals surface area contributed by atoms with Crippen LogP contribution >= 0.6 is 0 Å². The van der Waals surface area contributed by atoms with E-state index in [9.17, 15) is 4.79 Å². The van der Waals surface area contributed by atoms with Crippen LogP contribution in [0, 0.1) is 0 Å². The Kier molecular flexibility index (Phi) is 2.83. The third-order valence-electron chi connectivity index (χ3n) is 2.51. The van der Waals surface area contributed by atoms with Crippen molar-refractivity contribution >= 4 is 17.3 Å². The molecule has 0 aliphatic carbocycles. The zero-order valence-electron chi connectivity index (χ0n) is 8.57. The fourth-order valence-electron chi connectivity index (χ4n) is 1.60. The lowest BCUT2D eigenvalue weighted by atomic mass is 10.1. The molecule has 0 saturated carbocycles. The van der Waals surface area contributed by atoms with Crippen molar-refractivity contribution in [3.63, 3.8) is 0 Å². The zero-order chi connectivity index (χ0) is 10.7. The molecular formula is C12H13NO2. The van der Waals surface area contributed by atoms with Gasteiger partial charge in [-0.15, -0.1) is 0 Å². The van der Waals surface area contributed by atoms with Crippen LogP contribution in [0.3, 0.4) is 0 Å². The third-order valence-corrected chi connectivity index (χ3v) is 2.51. The molecule has 0 fully saturated rings. The number of rotatable bonds is 4. The second kappa shape index (κ2) is 4.28. The summed E-state index contributed by atoms with van der Waals surface area (Å²) < 4.78 is 5.30. The number of likely N-dealkylation sites (N-methyl/N-ethyl adjacent to an activating group) is 1. The van der Waals surface area contributed by atoms with Gasteiger partial charge >= 0.3 is 0 Å². The van der Waals surface area contributed by atoms with Crippen LogP contribution < -0.4 is 5.32 Å². The van der Waals surface area contributed by atoms with Gasteiger partial charge in [0.15, 0.2) is 0 Å². The molecule has 3 heteroatoms. The topological polar surface area (TPSA) is 42.2 Å². The molecule has 1 aromatic carbocycles. The van der Waals surface area contributed by atoms with Gasteiger partial charge in [0.25, 0.3) is 0 Å². The summed E-state index contributed by atoms with van der Waals surface area (Å²) in [7, 11) is 1.78. The molecule has 0 saturated heterocycles. The molecule has 78 valence electrons. The first-order chi connectivity index (χ1) is 7.33. The molecule has 3 nitrogen and oxygen atoms in total. The van der Waals surface area contributed by atoms with Gasteiger partial charge in [0.2, 0.25) is 0 Å². The van der Waals surface area contributed by atoms with Crippen LogP contribution in [0.25, 0.3) is 11.0 Å². The van der Waals surface area contributed by atoms with Gasteiger partial charge in [-0.2, -0.15) is 0 Å². The minimum atomic E-state index is -0.127. The SMILES string of the molecule is CN[C@H](C=O)Cc1ccc2ccoc2c1. The van der Waals surface area contributed by atoms with E-state index in [4.69, 9.17) is 4.42 Å². The van der Waals surface area contributed by atoms with Crippen molar-refractivity contribution in [3.05, 3.63) is 36.1 Å². The smallest absolute Gasteiger partial charge is 0.137 e. The lowest BCUT2D eigenvalue weighted by molar-refractivity contribution is -0.109. The normalized spacial score (nSPS) is 12.9. The molecule has 2 aromatic rings. The summed E-state index contributed by atoms with van der Waals surface area (Å²) in [5, 5.41) is 4.03. The maximum Gasteiger partial charge on any atom is 0.137 e. The van der Waals surface area contributed by atoms with Crippen molar-refractivity contribution in [1.82, 2.24) is 5.32 Å². The Bertz CT molecular complexity index is 461. The van der Waals surface area contributed by atoms with E-state index >= 15 is 0 Å². The van der Waals surface area contributed by atoms with Gasteiger partial charge in [-0.25, -0.2) is 0 Å². The number of carbonyl (C=O) groups is 1. The Balaban J connectivity index is 2.24. The van der Waals surface area contributed by atoms with E-state index in [1.54, 1.807) is 13.3 Å². The zero-order valence-corrected chi connectivity index (χ0v) is 8.57. The van der Waals surface area contributed by atoms with Gasteiger partial charge in [-0.1, -0.05) is 12.1 Å². The molecule has 0 aliphatic heterocycles. The summed E-state index contributed by atoms with van der Waals surface area (Å²) in [5.74, 6) is 0. The second-order valence-electron chi connectivity index (χ2n) is 3.53. The van der Waals surface area contributed by atoms with E-state index in [0.29, 0.717) is 6.42 Å². The molecule has 1 aromatic heterocycles. The van der Waals surface area contributed by atoms with E-state index in [-0.39, 0.29) is 6.04 Å². The number of aldehydes is 1. The predicted molar refractivity (Wildman–Crippen MR) is 58.8 cm³/mol. The van der Waals surface area contributed by atoms with Crippen molar-refractivity contribution in [1.29, 1.82) is 0 Å². The summed E-state index contributed by atoms with van der Waals surface area (Å²) >= 11 is 0. The molecule has 0 amide bonds. The quantitative estimate of drug-likeness (QED) is 0.770. The standard InChI is InChI=1S/C12H13NO2/c1-13-11(8-14)6-9-2-3-10-4-5-15-12(10)7-9/h2-5,7-8,11,13H,6H2,1H3/t11-/m0/s1. The minimum absolute atomic E-state index is 0.127. The van der Waals surface area contributed by atoms with Crippen molar-refractivity contribution in [2.75, 3.05) is 7.05 Å². The number of benzene rings is 1. The summed E-state index contributed by atoms with van der Waals surface area (Å²) in [4.78, 5) is 10.7. The van der Waals surface area contributed by atoms with Crippen LogP contribution in [0.5, 0.6) is 0 Å². The Labute approximate surface area is 88.1 Å². The fourth-order valence-corrected chi connectivity index (χ4v) is 1.60. The lowest BCUT2D eigenvalue weighted by Gasteiger charge is -2.08. The van der Waals surface area contributed by atoms with Gasteiger partial charge in [-0.3, -0.25) is 0 Å². The Hall–Kier alpha value is -1.61. The number of carbonyl (C=O) groups excluding carboxylic acids is 1. The van der Waals surface area contributed by atoms with Crippen molar-refractivity contribution in [2.24, 2.45) is 0 Å². The molecular weight excluding hydrogens is 190 g/mol. The highest BCUT2D eigenvalue weighted by atomic mass is 16.3. The first kappa shape index (κ1) is 9.93. The first-order valence-electron chi connectivity index (χ1n) is 4.92. The van der Waals surface area contributed by atoms with Crippen molar-refractivity contribution in [3.8, 4) is 0 Å². The minimum Gasteiger partial charge on any atom is -0.464 e. The number of fused-ring (bicyclic) bond motifs is 1. The average Bonchev–Trinajstić information content (AvgIpc) is 2.73. The van der Waals surface area contributed by atoms with Crippen LogP contribution in [0.15, 0.2) is 34.9 Å². The Morgan fingerprint density at radius 1 is 1.47 bits per heavy atom. The van der Waals surface area contributed by atoms with Gasteiger partial charge < -0.3 is 14.5 Å². The predicted octanol–water partition coefficient (Wildman–Crippen LogP) is 1.76. The van der Waals surface area contributed by atoms with Gasteiger partial charge in [0, 0.05) is 5.39 Å². The highest BCUT2D eigenvalue weighted by Gasteiger charge is 2.06. The van der Waals surface area contributed by atoms with E-state index in [0.717, 1.165) is 22.8 Å². The molecule has 0 aliphatic rings. The van der Waals surface area contributed by atoms with E-state index in [2.05, 4.69) is 5.32 Å². The molecule has 15 heavy (non-hydrogen) atoms. The van der Waals surface area contributed by atoms with E-state index in [1.165, 1.54) is 0 Å². The molecule has 0 spiro atoms. The van der Waals surface area contributed by atoms with Crippen LogP contribution in [0.1, 0.15) is 5.56 Å². The van der Waals surface area contributed by atoms with Crippen LogP contribution in [0.4, 0.5) is 0 Å². The number of hydrogen-bond donors (Lipinski definition) is 1. The average molecular weight is 203 g/mol. The first-order valence-corrected chi connectivity index (χ1v) is 4.92. The molecule has 0 bridgehead atoms. The highest BCUT2D eigenvalue weighted by Crippen LogP contribution is 2.17. The Morgan fingerprint density at radius 2 is 2.33 bits per heavy atom. The van der Waals surface area contributed by atoms with Crippen LogP contribution in [-0.2, 0) is 11.2 Å². The molecule has 1 heterocycles. The van der Waals surface area contributed by atoms with Crippen LogP contribution in [0.2, 0.25) is 0 Å². The largest absolute Gasteiger partial charge is 0.464 e. The second-order valence-corrected chi connectivity index (χ2v) is 3.53. The summed E-state index contributed by atoms with van der Waals surface area (Å²) in [6.07, 6.45) is 3.28. The van der Waals surface area contributed by atoms with Crippen molar-refractivity contribution < 1.29 is 9.21 Å². The van der Waals surface area contributed by atoms with Gasteiger partial charge in [0.05, 0.1) is 12.3 Å². The maximum atomic E-state index is 10.7. The fraction of sp³-hybridized carbons (Fsp3) is 0.250. The summed E-state index contributed by atoms with van der Waals surface area (Å²) in [6, 6.07) is 7.80. The lowest BCUT2D eigenvalue weighted by Crippen LogP contribution is -2.28. The molecule has 0 radical (unpaired) electrons. The molecule has 1 N–H and O–H groups in total. The van der Waals surface area contributed by atoms with E-state index < -0.39 is 0 Å². The maximum absolute atomic E-state index is 10.7. The highest BCUT2D eigenvalue weighted by molar-refractivity contribution is 5.77. The van der Waals surface area contributed by atoms with Crippen LogP contribution in [-0.4, -0.2) is 19.4 Å². The number of hydrogen-bond acceptors (Lipinski definition) is 3. The monoisotopic (exact) mass is 203 g/mol. The van der Waals surface area contributed by atoms with Gasteiger partial charge in [-0.05, 0) is 31.2 Å². The summed E-state index contributed by atoms with van der Waals surface area (Å²) in [6.45, 7) is 0. The summed E-state index contributed by atoms with van der Waals surface area (Å²) in [5.41, 5.74) is 1.97. The number of furan rings is 1. The third kappa shape index (κ3) is 2.07. The number of nitrogens with one attached hydrogen (secondary N) is 1. The van der Waals surface area contributed by atoms with Crippen molar-refractivity contribution in [2.45, 2.75) is 12.5 Å². The molecule has 0 unspecified atom stereocenters. The molecule has 2 rings (SSSR count). The van der Waals surface area contributed by atoms with Gasteiger partial charge in [0.1, 0.15) is 11.9 Å².